The zero-order chi connectivity index (χ0) is 20.4. The molecule has 7 atom stereocenters. The molecule has 0 aromatic carbocycles. The maximum atomic E-state index is 12.9. The van der Waals surface area contributed by atoms with Crippen molar-refractivity contribution in [1.29, 1.82) is 0 Å². The van der Waals surface area contributed by atoms with E-state index < -0.39 is 0 Å². The lowest BCUT2D eigenvalue weighted by Gasteiger charge is -2.58. The van der Waals surface area contributed by atoms with Gasteiger partial charge in [-0.15, -0.1) is 12.6 Å². The van der Waals surface area contributed by atoms with Gasteiger partial charge in [0.05, 0.1) is 11.6 Å². The van der Waals surface area contributed by atoms with Gasteiger partial charge < -0.3 is 0 Å². The lowest BCUT2D eigenvalue weighted by molar-refractivity contribution is -0.123. The fourth-order valence-electron chi connectivity index (χ4n) is 7.88. The highest BCUT2D eigenvalue weighted by Crippen LogP contribution is 2.67. The zero-order valence-corrected chi connectivity index (χ0v) is 18.3. The van der Waals surface area contributed by atoms with Crippen molar-refractivity contribution >= 4 is 23.5 Å². The van der Waals surface area contributed by atoms with Crippen molar-refractivity contribution in [3.63, 3.8) is 0 Å². The first-order chi connectivity index (χ1) is 13.8. The Balaban J connectivity index is 1.48. The van der Waals surface area contributed by atoms with Gasteiger partial charge in [0.25, 0.3) is 0 Å². The Bertz CT molecular complexity index is 880. The molecular formula is C25H31NO2S. The summed E-state index contributed by atoms with van der Waals surface area (Å²) in [5, 5.41) is 0.0922. The molecule has 0 amide bonds. The van der Waals surface area contributed by atoms with Crippen LogP contribution in [0.3, 0.4) is 0 Å². The molecule has 3 unspecified atom stereocenters. The van der Waals surface area contributed by atoms with Crippen LogP contribution >= 0.6 is 12.6 Å². The predicted octanol–water partition coefficient (Wildman–Crippen LogP) is 5.38. The van der Waals surface area contributed by atoms with E-state index in [0.29, 0.717) is 17.8 Å². The number of ketones is 1. The van der Waals surface area contributed by atoms with E-state index in [4.69, 9.17) is 0 Å². The van der Waals surface area contributed by atoms with Gasteiger partial charge in [-0.3, -0.25) is 14.6 Å². The average molecular weight is 410 g/mol. The van der Waals surface area contributed by atoms with Crippen molar-refractivity contribution in [1.82, 2.24) is 4.98 Å². The summed E-state index contributed by atoms with van der Waals surface area (Å²) < 4.78 is 0. The molecule has 5 rings (SSSR count). The first-order valence-electron chi connectivity index (χ1n) is 11.2. The van der Waals surface area contributed by atoms with Crippen LogP contribution in [0.4, 0.5) is 0 Å². The van der Waals surface area contributed by atoms with Gasteiger partial charge in [0.15, 0.2) is 10.9 Å². The average Bonchev–Trinajstić information content (AvgIpc) is 3.06. The van der Waals surface area contributed by atoms with Crippen LogP contribution in [0.5, 0.6) is 0 Å². The van der Waals surface area contributed by atoms with Crippen LogP contribution in [-0.4, -0.2) is 15.9 Å². The van der Waals surface area contributed by atoms with Gasteiger partial charge >= 0.3 is 0 Å². The number of hydrogen-bond acceptors (Lipinski definition) is 3. The maximum absolute atomic E-state index is 12.9. The van der Waals surface area contributed by atoms with E-state index in [1.54, 1.807) is 6.20 Å². The molecule has 154 valence electrons. The lowest BCUT2D eigenvalue weighted by atomic mass is 9.46. The van der Waals surface area contributed by atoms with E-state index in [1.807, 2.05) is 24.3 Å². The fourth-order valence-corrected chi connectivity index (χ4v) is 8.31. The lowest BCUT2D eigenvalue weighted by Crippen LogP contribution is -2.51. The highest BCUT2D eigenvalue weighted by molar-refractivity contribution is 7.96. The third kappa shape index (κ3) is 2.81. The van der Waals surface area contributed by atoms with Crippen LogP contribution in [0, 0.1) is 34.5 Å². The number of carbonyl (C=O) groups is 2. The molecule has 3 saturated carbocycles. The fraction of sp³-hybridized carbons (Fsp3) is 0.640. The van der Waals surface area contributed by atoms with Crippen LogP contribution in [0.25, 0.3) is 0 Å². The van der Waals surface area contributed by atoms with Gasteiger partial charge in [0.1, 0.15) is 0 Å². The van der Waals surface area contributed by atoms with E-state index >= 15 is 0 Å². The summed E-state index contributed by atoms with van der Waals surface area (Å²) in [6.45, 7) is 4.77. The third-order valence-corrected chi connectivity index (χ3v) is 9.68. The molecule has 29 heavy (non-hydrogen) atoms. The molecule has 3 fully saturated rings. The molecule has 4 heteroatoms. The van der Waals surface area contributed by atoms with Crippen molar-refractivity contribution in [2.24, 2.45) is 34.5 Å². The van der Waals surface area contributed by atoms with Gasteiger partial charge in [-0.2, -0.15) is 0 Å². The summed E-state index contributed by atoms with van der Waals surface area (Å²) in [5.74, 6) is 2.12. The molecule has 4 aliphatic rings. The smallest absolute Gasteiger partial charge is 0.189 e. The molecule has 0 radical (unpaired) electrons. The summed E-state index contributed by atoms with van der Waals surface area (Å²) in [6, 6.07) is 5.90. The van der Waals surface area contributed by atoms with Gasteiger partial charge in [0, 0.05) is 12.1 Å². The van der Waals surface area contributed by atoms with E-state index in [0.717, 1.165) is 44.2 Å². The van der Waals surface area contributed by atoms with Crippen molar-refractivity contribution in [3.05, 3.63) is 41.7 Å². The number of nitrogens with zero attached hydrogens (tertiary/aromatic N) is 1. The normalized spacial score (nSPS) is 43.8. The molecule has 0 bridgehead atoms. The van der Waals surface area contributed by atoms with Crippen LogP contribution < -0.4 is 0 Å². The molecule has 0 spiro atoms. The molecule has 0 aliphatic heterocycles. The number of pyridine rings is 1. The Hall–Kier alpha value is -1.42. The third-order valence-electron chi connectivity index (χ3n) is 9.37. The number of fused-ring (bicyclic) bond motifs is 5. The van der Waals surface area contributed by atoms with Crippen LogP contribution in [0.15, 0.2) is 36.0 Å². The standard InChI is InChI=1S/C25H31NO2S/c1-24-11-10-19-16(18(24)8-9-20(24)23(28)29)7-6-15-13-22(27)17(14-25(15,19)2)21-5-3-4-12-26-21/h3-5,12-13,16-20H,6-11,14H2,1-2H3,(H,28,29)/t16?,17-,18?,19?,20+,24-,25-/m0/s1. The number of carbonyl (C=O) groups excluding carboxylic acids is 2. The number of hydrogen-bond donors (Lipinski definition) is 1. The highest BCUT2D eigenvalue weighted by Gasteiger charge is 2.60. The Morgan fingerprint density at radius 2 is 1.97 bits per heavy atom. The number of aromatic nitrogens is 1. The molecule has 0 N–H and O–H groups in total. The van der Waals surface area contributed by atoms with Crippen molar-refractivity contribution in [3.8, 4) is 0 Å². The Morgan fingerprint density at radius 3 is 2.69 bits per heavy atom. The first kappa shape index (κ1) is 19.5. The van der Waals surface area contributed by atoms with Crippen LogP contribution in [0.1, 0.15) is 70.4 Å². The number of rotatable bonds is 2. The largest absolute Gasteiger partial charge is 0.294 e. The monoisotopic (exact) mass is 409 g/mol. The van der Waals surface area contributed by atoms with Crippen molar-refractivity contribution < 1.29 is 9.59 Å². The second-order valence-corrected chi connectivity index (χ2v) is 10.9. The van der Waals surface area contributed by atoms with E-state index in [9.17, 15) is 9.59 Å². The van der Waals surface area contributed by atoms with Gasteiger partial charge in [-0.25, -0.2) is 0 Å². The predicted molar refractivity (Wildman–Crippen MR) is 117 cm³/mol. The van der Waals surface area contributed by atoms with Crippen LogP contribution in [0.2, 0.25) is 0 Å². The summed E-state index contributed by atoms with van der Waals surface area (Å²) >= 11 is 4.24. The number of allylic oxidation sites excluding steroid dienone is 1. The molecule has 3 nitrogen and oxygen atoms in total. The number of thiol groups is 1. The Kier molecular flexibility index (Phi) is 4.58. The Labute approximate surface area is 179 Å². The minimum Gasteiger partial charge on any atom is -0.294 e. The summed E-state index contributed by atoms with van der Waals surface area (Å²) in [6.07, 6.45) is 11.3. The maximum Gasteiger partial charge on any atom is 0.189 e. The summed E-state index contributed by atoms with van der Waals surface area (Å²) in [4.78, 5) is 29.7. The van der Waals surface area contributed by atoms with Gasteiger partial charge in [0.2, 0.25) is 0 Å². The molecule has 1 aromatic rings. The van der Waals surface area contributed by atoms with E-state index in [1.165, 1.54) is 12.0 Å². The first-order valence-corrected chi connectivity index (χ1v) is 11.7. The topological polar surface area (TPSA) is 47.0 Å². The second-order valence-electron chi connectivity index (χ2n) is 10.4. The summed E-state index contributed by atoms with van der Waals surface area (Å²) in [5.41, 5.74) is 2.48. The zero-order valence-electron chi connectivity index (χ0n) is 17.4. The SMILES string of the molecule is C[C@]12C[C@@H](c3ccccn3)C(=O)C=C1CCC1C2CC[C@@]2(C)C1CC[C@@H]2C(=O)S. The van der Waals surface area contributed by atoms with Crippen molar-refractivity contribution in [2.45, 2.75) is 64.7 Å². The molecule has 1 heterocycles. The Morgan fingerprint density at radius 1 is 1.14 bits per heavy atom. The molecule has 0 saturated heterocycles. The molecule has 1 aromatic heterocycles. The quantitative estimate of drug-likeness (QED) is 0.667. The molecule has 4 aliphatic carbocycles. The second kappa shape index (κ2) is 6.80. The van der Waals surface area contributed by atoms with E-state index in [-0.39, 0.29) is 33.6 Å². The van der Waals surface area contributed by atoms with Gasteiger partial charge in [-0.05, 0) is 91.7 Å². The van der Waals surface area contributed by atoms with Crippen molar-refractivity contribution in [2.75, 3.05) is 0 Å². The highest BCUT2D eigenvalue weighted by atomic mass is 32.1. The molecular weight excluding hydrogens is 378 g/mol. The van der Waals surface area contributed by atoms with Gasteiger partial charge in [-0.1, -0.05) is 25.5 Å². The van der Waals surface area contributed by atoms with E-state index in [2.05, 4.69) is 31.5 Å². The summed E-state index contributed by atoms with van der Waals surface area (Å²) in [7, 11) is 0. The minimum atomic E-state index is -0.118. The minimum absolute atomic E-state index is 0.0728. The van der Waals surface area contributed by atoms with Crippen LogP contribution in [-0.2, 0) is 9.59 Å².